The summed E-state index contributed by atoms with van der Waals surface area (Å²) in [5, 5.41) is 12.5. The molecule has 1 amide bonds. The van der Waals surface area contributed by atoms with Gasteiger partial charge in [-0.15, -0.1) is 0 Å². The van der Waals surface area contributed by atoms with Gasteiger partial charge in [0.2, 0.25) is 5.88 Å². The van der Waals surface area contributed by atoms with Crippen LogP contribution in [0.4, 0.5) is 0 Å². The lowest BCUT2D eigenvalue weighted by molar-refractivity contribution is 0.0936. The van der Waals surface area contributed by atoms with Crippen LogP contribution in [-0.4, -0.2) is 16.5 Å². The molecule has 1 unspecified atom stereocenters. The van der Waals surface area contributed by atoms with Crippen molar-refractivity contribution >= 4 is 5.91 Å². The summed E-state index contributed by atoms with van der Waals surface area (Å²) in [5.74, 6) is 1.27. The van der Waals surface area contributed by atoms with Gasteiger partial charge in [0.15, 0.2) is 0 Å². The van der Waals surface area contributed by atoms with Gasteiger partial charge in [0.25, 0.3) is 5.91 Å². The van der Waals surface area contributed by atoms with Gasteiger partial charge in [0.05, 0.1) is 0 Å². The molecule has 0 saturated carbocycles. The molecule has 2 aromatic rings. The number of carbonyl (C=O) groups is 1. The second-order valence-electron chi connectivity index (χ2n) is 6.61. The topological polar surface area (TPSA) is 71.0 Å². The number of hydrogen-bond acceptors (Lipinski definition) is 3. The number of nitrogens with one attached hydrogen (secondary N) is 1. The van der Waals surface area contributed by atoms with Crippen molar-refractivity contribution in [3.8, 4) is 12.0 Å². The SMILES string of the molecule is Cc1oc(-n2cccc2)c(C#N)c1C(=O)NC(C)CCCC(C)C. The van der Waals surface area contributed by atoms with Gasteiger partial charge in [-0.25, -0.2) is 0 Å². The average molecular weight is 327 g/mol. The molecule has 1 N–H and O–H groups in total. The molecule has 0 bridgehead atoms. The zero-order valence-corrected chi connectivity index (χ0v) is 14.8. The van der Waals surface area contributed by atoms with Gasteiger partial charge in [0.1, 0.15) is 23.0 Å². The van der Waals surface area contributed by atoms with E-state index in [1.165, 1.54) is 0 Å². The normalized spacial score (nSPS) is 12.2. The molecule has 0 aliphatic heterocycles. The quantitative estimate of drug-likeness (QED) is 0.828. The molecule has 0 saturated heterocycles. The Morgan fingerprint density at radius 3 is 2.54 bits per heavy atom. The Kier molecular flexibility index (Phi) is 5.86. The number of nitrogens with zero attached hydrogens (tertiary/aromatic N) is 2. The van der Waals surface area contributed by atoms with Crippen LogP contribution in [0.25, 0.3) is 5.88 Å². The molecule has 0 spiro atoms. The Bertz CT molecular complexity index is 721. The molecule has 24 heavy (non-hydrogen) atoms. The molecular weight excluding hydrogens is 302 g/mol. The summed E-state index contributed by atoms with van der Waals surface area (Å²) in [5.41, 5.74) is 0.604. The first kappa shape index (κ1) is 17.9. The highest BCUT2D eigenvalue weighted by Crippen LogP contribution is 2.25. The Morgan fingerprint density at radius 1 is 1.29 bits per heavy atom. The lowest BCUT2D eigenvalue weighted by Gasteiger charge is -2.14. The van der Waals surface area contributed by atoms with Crippen LogP contribution in [0.15, 0.2) is 28.9 Å². The van der Waals surface area contributed by atoms with Crippen molar-refractivity contribution < 1.29 is 9.21 Å². The lowest BCUT2D eigenvalue weighted by atomic mass is 10.0. The van der Waals surface area contributed by atoms with Crippen molar-refractivity contribution in [3.05, 3.63) is 41.4 Å². The monoisotopic (exact) mass is 327 g/mol. The smallest absolute Gasteiger partial charge is 0.256 e. The van der Waals surface area contributed by atoms with Crippen LogP contribution in [0.3, 0.4) is 0 Å². The predicted octanol–water partition coefficient (Wildman–Crippen LogP) is 4.20. The summed E-state index contributed by atoms with van der Waals surface area (Å²) in [4.78, 5) is 12.6. The van der Waals surface area contributed by atoms with Crippen LogP contribution in [0, 0.1) is 24.2 Å². The summed E-state index contributed by atoms with van der Waals surface area (Å²) in [7, 11) is 0. The minimum Gasteiger partial charge on any atom is -0.443 e. The molecule has 1 atom stereocenters. The van der Waals surface area contributed by atoms with Crippen LogP contribution in [0.1, 0.15) is 61.7 Å². The Balaban J connectivity index is 2.14. The third kappa shape index (κ3) is 4.08. The Labute approximate surface area is 143 Å². The van der Waals surface area contributed by atoms with E-state index in [9.17, 15) is 10.1 Å². The number of furan rings is 1. The number of rotatable bonds is 7. The number of aromatic nitrogens is 1. The van der Waals surface area contributed by atoms with E-state index in [1.807, 2.05) is 19.1 Å². The van der Waals surface area contributed by atoms with Crippen LogP contribution < -0.4 is 5.32 Å². The molecule has 2 heterocycles. The molecule has 2 aromatic heterocycles. The van der Waals surface area contributed by atoms with Gasteiger partial charge >= 0.3 is 0 Å². The summed E-state index contributed by atoms with van der Waals surface area (Å²) >= 11 is 0. The molecule has 5 nitrogen and oxygen atoms in total. The standard InChI is InChI=1S/C19H25N3O2/c1-13(2)8-7-9-14(3)21-18(23)17-15(4)24-19(16(17)12-20)22-10-5-6-11-22/h5-6,10-11,13-14H,7-9H2,1-4H3,(H,21,23). The molecule has 128 valence electrons. The number of nitriles is 1. The van der Waals surface area contributed by atoms with Gasteiger partial charge in [0, 0.05) is 18.4 Å². The van der Waals surface area contributed by atoms with Gasteiger partial charge < -0.3 is 9.73 Å². The minimum atomic E-state index is -0.247. The van der Waals surface area contributed by atoms with Gasteiger partial charge in [-0.1, -0.05) is 26.7 Å². The fraction of sp³-hybridized carbons (Fsp3) is 0.474. The first-order valence-electron chi connectivity index (χ1n) is 8.41. The van der Waals surface area contributed by atoms with Crippen LogP contribution >= 0.6 is 0 Å². The van der Waals surface area contributed by atoms with E-state index in [1.54, 1.807) is 23.9 Å². The van der Waals surface area contributed by atoms with Crippen molar-refractivity contribution in [2.24, 2.45) is 5.92 Å². The first-order valence-corrected chi connectivity index (χ1v) is 8.41. The first-order chi connectivity index (χ1) is 11.4. The van der Waals surface area contributed by atoms with Crippen LogP contribution in [0.5, 0.6) is 0 Å². The van der Waals surface area contributed by atoms with Crippen molar-refractivity contribution in [3.63, 3.8) is 0 Å². The average Bonchev–Trinajstić information content (AvgIpc) is 3.13. The number of aryl methyl sites for hydroxylation is 1. The fourth-order valence-electron chi connectivity index (χ4n) is 2.76. The zero-order chi connectivity index (χ0) is 17.7. The van der Waals surface area contributed by atoms with Crippen molar-refractivity contribution in [1.29, 1.82) is 5.26 Å². The summed E-state index contributed by atoms with van der Waals surface area (Å²) in [6.45, 7) is 8.10. The number of amides is 1. The van der Waals surface area contributed by atoms with Gasteiger partial charge in [-0.3, -0.25) is 9.36 Å². The van der Waals surface area contributed by atoms with Gasteiger partial charge in [-0.2, -0.15) is 5.26 Å². The molecule has 0 aromatic carbocycles. The maximum atomic E-state index is 12.6. The Hall–Kier alpha value is -2.48. The van der Waals surface area contributed by atoms with Crippen molar-refractivity contribution in [2.75, 3.05) is 0 Å². The fourth-order valence-corrected chi connectivity index (χ4v) is 2.76. The Morgan fingerprint density at radius 2 is 1.96 bits per heavy atom. The zero-order valence-electron chi connectivity index (χ0n) is 14.8. The molecule has 0 aliphatic carbocycles. The van der Waals surface area contributed by atoms with E-state index in [-0.39, 0.29) is 17.5 Å². The van der Waals surface area contributed by atoms with E-state index in [0.717, 1.165) is 19.3 Å². The molecule has 2 rings (SSSR count). The van der Waals surface area contributed by atoms with E-state index in [2.05, 4.69) is 25.2 Å². The maximum Gasteiger partial charge on any atom is 0.256 e. The molecule has 0 radical (unpaired) electrons. The third-order valence-electron chi connectivity index (χ3n) is 4.04. The summed E-state index contributed by atoms with van der Waals surface area (Å²) in [6, 6.07) is 5.86. The van der Waals surface area contributed by atoms with Crippen molar-refractivity contribution in [1.82, 2.24) is 9.88 Å². The summed E-state index contributed by atoms with van der Waals surface area (Å²) in [6.07, 6.45) is 6.72. The van der Waals surface area contributed by atoms with Gasteiger partial charge in [-0.05, 0) is 38.3 Å². The molecule has 0 fully saturated rings. The molecule has 5 heteroatoms. The lowest BCUT2D eigenvalue weighted by Crippen LogP contribution is -2.33. The van der Waals surface area contributed by atoms with E-state index >= 15 is 0 Å². The highest BCUT2D eigenvalue weighted by molar-refractivity contribution is 5.98. The van der Waals surface area contributed by atoms with Crippen molar-refractivity contribution in [2.45, 2.75) is 53.0 Å². The minimum absolute atomic E-state index is 0.0621. The second kappa shape index (κ2) is 7.87. The number of carbonyl (C=O) groups excluding carboxylic acids is 1. The third-order valence-corrected chi connectivity index (χ3v) is 4.04. The largest absolute Gasteiger partial charge is 0.443 e. The van der Waals surface area contributed by atoms with E-state index in [0.29, 0.717) is 23.1 Å². The highest BCUT2D eigenvalue weighted by atomic mass is 16.4. The second-order valence-corrected chi connectivity index (χ2v) is 6.61. The summed E-state index contributed by atoms with van der Waals surface area (Å²) < 4.78 is 7.38. The number of hydrogen-bond donors (Lipinski definition) is 1. The predicted molar refractivity (Wildman–Crippen MR) is 93.1 cm³/mol. The van der Waals surface area contributed by atoms with E-state index in [4.69, 9.17) is 4.42 Å². The highest BCUT2D eigenvalue weighted by Gasteiger charge is 2.25. The molecular formula is C19H25N3O2. The molecule has 0 aliphatic rings. The van der Waals surface area contributed by atoms with Crippen LogP contribution in [-0.2, 0) is 0 Å². The maximum absolute atomic E-state index is 12.6. The van der Waals surface area contributed by atoms with E-state index < -0.39 is 0 Å². The van der Waals surface area contributed by atoms with Crippen LogP contribution in [0.2, 0.25) is 0 Å².